The number of hydrogen-bond donors (Lipinski definition) is 2. The quantitative estimate of drug-likeness (QED) is 0.638. The van der Waals surface area contributed by atoms with Crippen molar-refractivity contribution >= 4 is 27.7 Å². The minimum Gasteiger partial charge on any atom is -0.478 e. The second kappa shape index (κ2) is 8.92. The van der Waals surface area contributed by atoms with Crippen LogP contribution in [0.1, 0.15) is 28.8 Å². The zero-order valence-electron chi connectivity index (χ0n) is 16.0. The Morgan fingerprint density at radius 2 is 1.77 bits per heavy atom. The maximum Gasteiger partial charge on any atom is 0.339 e. The van der Waals surface area contributed by atoms with Crippen LogP contribution < -0.4 is 9.62 Å². The molecule has 2 N–H and O–H groups in total. The van der Waals surface area contributed by atoms with Crippen molar-refractivity contribution in [1.29, 1.82) is 0 Å². The number of aromatic nitrogens is 1. The number of piperidine rings is 1. The molecule has 1 aromatic heterocycles. The predicted molar refractivity (Wildman–Crippen MR) is 103 cm³/mol. The van der Waals surface area contributed by atoms with Crippen LogP contribution in [-0.4, -0.2) is 43.5 Å². The summed E-state index contributed by atoms with van der Waals surface area (Å²) < 4.78 is 66.9. The zero-order valence-corrected chi connectivity index (χ0v) is 16.8. The SMILES string of the molecule is O=C(O)c1cccnc1N1CCC(C(=O)NS(=O)(=O)Cc2c(F)ccc(F)c2F)CC1. The molecule has 0 atom stereocenters. The number of halogens is 3. The normalized spacial score (nSPS) is 15.0. The van der Waals surface area contributed by atoms with Crippen LogP contribution in [0.2, 0.25) is 0 Å². The molecule has 0 radical (unpaired) electrons. The molecule has 2 aromatic rings. The number of sulfonamides is 1. The molecule has 0 aliphatic carbocycles. The number of carbonyl (C=O) groups excluding carboxylic acids is 1. The van der Waals surface area contributed by atoms with Crippen LogP contribution >= 0.6 is 0 Å². The monoisotopic (exact) mass is 457 g/mol. The zero-order chi connectivity index (χ0) is 22.8. The van der Waals surface area contributed by atoms with E-state index in [0.717, 1.165) is 0 Å². The van der Waals surface area contributed by atoms with E-state index in [-0.39, 0.29) is 37.3 Å². The van der Waals surface area contributed by atoms with Crippen LogP contribution in [0.3, 0.4) is 0 Å². The number of rotatable bonds is 6. The molecule has 0 saturated carbocycles. The fourth-order valence-electron chi connectivity index (χ4n) is 3.33. The lowest BCUT2D eigenvalue weighted by atomic mass is 9.96. The van der Waals surface area contributed by atoms with Crippen molar-refractivity contribution < 1.29 is 36.3 Å². The van der Waals surface area contributed by atoms with E-state index in [1.54, 1.807) is 9.62 Å². The van der Waals surface area contributed by atoms with Crippen molar-refractivity contribution in [3.05, 3.63) is 59.0 Å². The molecule has 1 saturated heterocycles. The number of anilines is 1. The molecule has 0 unspecified atom stereocenters. The number of carbonyl (C=O) groups is 2. The van der Waals surface area contributed by atoms with E-state index in [1.165, 1.54) is 18.3 Å². The van der Waals surface area contributed by atoms with Crippen LogP contribution in [0, 0.1) is 23.4 Å². The summed E-state index contributed by atoms with van der Waals surface area (Å²) >= 11 is 0. The summed E-state index contributed by atoms with van der Waals surface area (Å²) in [6.45, 7) is 0.505. The number of pyridine rings is 1. The van der Waals surface area contributed by atoms with Crippen molar-refractivity contribution in [2.45, 2.75) is 18.6 Å². The molecule has 0 spiro atoms. The first-order chi connectivity index (χ1) is 14.6. The van der Waals surface area contributed by atoms with Gasteiger partial charge >= 0.3 is 5.97 Å². The lowest BCUT2D eigenvalue weighted by molar-refractivity contribution is -0.123. The van der Waals surface area contributed by atoms with Crippen LogP contribution in [-0.2, 0) is 20.6 Å². The smallest absolute Gasteiger partial charge is 0.339 e. The van der Waals surface area contributed by atoms with E-state index in [4.69, 9.17) is 0 Å². The predicted octanol–water partition coefficient (Wildman–Crippen LogP) is 2.06. The minimum absolute atomic E-state index is 0.00660. The van der Waals surface area contributed by atoms with E-state index < -0.39 is 56.6 Å². The molecule has 8 nitrogen and oxygen atoms in total. The Morgan fingerprint density at radius 3 is 2.42 bits per heavy atom. The molecule has 3 rings (SSSR count). The van der Waals surface area contributed by atoms with Crippen molar-refractivity contribution in [2.24, 2.45) is 5.92 Å². The summed E-state index contributed by atoms with van der Waals surface area (Å²) in [5.74, 6) is -7.97. The van der Waals surface area contributed by atoms with Gasteiger partial charge in [0.15, 0.2) is 11.6 Å². The Bertz CT molecular complexity index is 1120. The average molecular weight is 457 g/mol. The fraction of sp³-hybridized carbons (Fsp3) is 0.316. The van der Waals surface area contributed by atoms with Gasteiger partial charge < -0.3 is 10.0 Å². The van der Waals surface area contributed by atoms with Crippen molar-refractivity contribution in [1.82, 2.24) is 9.71 Å². The Balaban J connectivity index is 1.64. The molecular weight excluding hydrogens is 439 g/mol. The summed E-state index contributed by atoms with van der Waals surface area (Å²) in [7, 11) is -4.48. The third kappa shape index (κ3) is 5.13. The number of amides is 1. The second-order valence-electron chi connectivity index (χ2n) is 6.99. The third-order valence-electron chi connectivity index (χ3n) is 4.91. The molecule has 2 heterocycles. The number of aromatic carboxylic acids is 1. The second-order valence-corrected chi connectivity index (χ2v) is 8.71. The van der Waals surface area contributed by atoms with Gasteiger partial charge in [-0.05, 0) is 37.1 Å². The Morgan fingerprint density at radius 1 is 1.13 bits per heavy atom. The minimum atomic E-state index is -4.48. The molecule has 12 heteroatoms. The van der Waals surface area contributed by atoms with Crippen LogP contribution in [0.15, 0.2) is 30.5 Å². The highest BCUT2D eigenvalue weighted by Crippen LogP contribution is 2.25. The number of carboxylic acids is 1. The van der Waals surface area contributed by atoms with Crippen LogP contribution in [0.25, 0.3) is 0 Å². The van der Waals surface area contributed by atoms with Crippen molar-refractivity contribution in [3.8, 4) is 0 Å². The van der Waals surface area contributed by atoms with Crippen molar-refractivity contribution in [2.75, 3.05) is 18.0 Å². The highest BCUT2D eigenvalue weighted by atomic mass is 32.2. The number of carboxylic acid groups (broad SMARTS) is 1. The lowest BCUT2D eigenvalue weighted by Crippen LogP contribution is -2.43. The first-order valence-corrected chi connectivity index (χ1v) is 10.8. The van der Waals surface area contributed by atoms with Crippen LogP contribution in [0.5, 0.6) is 0 Å². The van der Waals surface area contributed by atoms with Crippen molar-refractivity contribution in [3.63, 3.8) is 0 Å². The Kier molecular flexibility index (Phi) is 6.48. The number of nitrogens with one attached hydrogen (secondary N) is 1. The summed E-state index contributed by atoms with van der Waals surface area (Å²) in [5.41, 5.74) is -0.987. The van der Waals surface area contributed by atoms with Crippen LogP contribution in [0.4, 0.5) is 19.0 Å². The maximum absolute atomic E-state index is 13.7. The van der Waals surface area contributed by atoms with Gasteiger partial charge in [0.25, 0.3) is 0 Å². The molecular formula is C19H18F3N3O5S. The van der Waals surface area contributed by atoms with E-state index in [1.807, 2.05) is 0 Å². The van der Waals surface area contributed by atoms with E-state index in [9.17, 15) is 36.3 Å². The molecule has 1 amide bonds. The first kappa shape index (κ1) is 22.5. The molecule has 1 aliphatic heterocycles. The highest BCUT2D eigenvalue weighted by Gasteiger charge is 2.30. The lowest BCUT2D eigenvalue weighted by Gasteiger charge is -2.32. The van der Waals surface area contributed by atoms with Gasteiger partial charge in [0.1, 0.15) is 23.0 Å². The number of hydrogen-bond acceptors (Lipinski definition) is 6. The average Bonchev–Trinajstić information content (AvgIpc) is 2.73. The molecule has 1 fully saturated rings. The molecule has 31 heavy (non-hydrogen) atoms. The number of nitrogens with zero attached hydrogens (tertiary/aromatic N) is 2. The van der Waals surface area contributed by atoms with E-state index in [2.05, 4.69) is 4.98 Å². The third-order valence-corrected chi connectivity index (χ3v) is 6.09. The molecule has 1 aliphatic rings. The topological polar surface area (TPSA) is 117 Å². The summed E-state index contributed by atoms with van der Waals surface area (Å²) in [5, 5.41) is 9.27. The summed E-state index contributed by atoms with van der Waals surface area (Å²) in [6.07, 6.45) is 1.86. The van der Waals surface area contributed by atoms with Gasteiger partial charge in [-0.3, -0.25) is 9.52 Å². The summed E-state index contributed by atoms with van der Waals surface area (Å²) in [4.78, 5) is 29.5. The molecule has 166 valence electrons. The summed E-state index contributed by atoms with van der Waals surface area (Å²) in [6, 6.07) is 4.03. The standard InChI is InChI=1S/C19H18F3N3O5S/c20-14-3-4-15(21)16(22)13(14)10-31(29,30)24-18(26)11-5-8-25(9-6-11)17-12(19(27)28)2-1-7-23-17/h1-4,7,11H,5-6,8-10H2,(H,24,26)(H,27,28). The molecule has 0 bridgehead atoms. The van der Waals surface area contributed by atoms with E-state index in [0.29, 0.717) is 12.1 Å². The van der Waals surface area contributed by atoms with E-state index >= 15 is 0 Å². The van der Waals surface area contributed by atoms with Gasteiger partial charge in [-0.25, -0.2) is 31.4 Å². The fourth-order valence-corrected chi connectivity index (χ4v) is 4.52. The van der Waals surface area contributed by atoms with Gasteiger partial charge in [0.2, 0.25) is 15.9 Å². The van der Waals surface area contributed by atoms with Gasteiger partial charge in [0.05, 0.1) is 0 Å². The van der Waals surface area contributed by atoms with Gasteiger partial charge in [-0.1, -0.05) is 0 Å². The first-order valence-electron chi connectivity index (χ1n) is 9.19. The molecule has 1 aromatic carbocycles. The van der Waals surface area contributed by atoms with Gasteiger partial charge in [-0.2, -0.15) is 0 Å². The van der Waals surface area contributed by atoms with Gasteiger partial charge in [0, 0.05) is 30.8 Å². The maximum atomic E-state index is 13.7. The largest absolute Gasteiger partial charge is 0.478 e. The Hall–Kier alpha value is -3.15. The van der Waals surface area contributed by atoms with Gasteiger partial charge in [-0.15, -0.1) is 0 Å². The number of benzene rings is 1. The highest BCUT2D eigenvalue weighted by molar-refractivity contribution is 7.89. The Labute approximate surface area is 175 Å².